The molecular formula is C23H28IN3O4S. The van der Waals surface area contributed by atoms with Crippen molar-refractivity contribution in [2.24, 2.45) is 0 Å². The SMILES string of the molecule is CS(=O)(=O)Nc1cc(C(O)CNCCOc2ccc3c4c([nH]c3c2)CCCC4)ccc1I. The maximum absolute atomic E-state index is 11.5. The molecule has 0 spiro atoms. The van der Waals surface area contributed by atoms with Crippen molar-refractivity contribution in [3.05, 3.63) is 56.8 Å². The van der Waals surface area contributed by atoms with E-state index < -0.39 is 16.1 Å². The zero-order valence-corrected chi connectivity index (χ0v) is 20.9. The van der Waals surface area contributed by atoms with Gasteiger partial charge >= 0.3 is 0 Å². The Morgan fingerprint density at radius 2 is 2.00 bits per heavy atom. The number of rotatable bonds is 9. The second kappa shape index (κ2) is 9.98. The van der Waals surface area contributed by atoms with Crippen LogP contribution in [0, 0.1) is 3.57 Å². The van der Waals surface area contributed by atoms with Gasteiger partial charge in [0.1, 0.15) is 12.4 Å². The molecule has 0 saturated carbocycles. The van der Waals surface area contributed by atoms with E-state index in [-0.39, 0.29) is 0 Å². The molecule has 172 valence electrons. The van der Waals surface area contributed by atoms with Gasteiger partial charge < -0.3 is 20.1 Å². The number of aliphatic hydroxyl groups is 1. The number of halogens is 1. The van der Waals surface area contributed by atoms with Crippen LogP contribution in [0.3, 0.4) is 0 Å². The van der Waals surface area contributed by atoms with Crippen LogP contribution in [-0.4, -0.2) is 44.5 Å². The Morgan fingerprint density at radius 1 is 1.19 bits per heavy atom. The number of benzene rings is 2. The van der Waals surface area contributed by atoms with Crippen LogP contribution in [0.4, 0.5) is 5.69 Å². The summed E-state index contributed by atoms with van der Waals surface area (Å²) in [4.78, 5) is 3.54. The van der Waals surface area contributed by atoms with Gasteiger partial charge in [-0.3, -0.25) is 4.72 Å². The monoisotopic (exact) mass is 569 g/mol. The highest BCUT2D eigenvalue weighted by molar-refractivity contribution is 14.1. The third kappa shape index (κ3) is 5.75. The molecule has 1 heterocycles. The minimum atomic E-state index is -3.38. The standard InChI is InChI=1S/C23H28IN3O4S/c1-32(29,30)27-22-12-15(6-9-19(22)24)23(28)14-25-10-11-31-16-7-8-18-17-4-2-3-5-20(17)26-21(18)13-16/h6-9,12-13,23,25-28H,2-5,10-11,14H2,1H3. The van der Waals surface area contributed by atoms with Crippen molar-refractivity contribution in [2.75, 3.05) is 30.7 Å². The van der Waals surface area contributed by atoms with Crippen LogP contribution in [0.5, 0.6) is 5.75 Å². The first-order valence-corrected chi connectivity index (χ1v) is 13.7. The molecule has 3 aromatic rings. The number of aromatic amines is 1. The molecule has 9 heteroatoms. The Bertz CT molecular complexity index is 1210. The number of ether oxygens (including phenoxy) is 1. The van der Waals surface area contributed by atoms with E-state index in [1.54, 1.807) is 18.2 Å². The molecule has 0 bridgehead atoms. The maximum Gasteiger partial charge on any atom is 0.229 e. The summed E-state index contributed by atoms with van der Waals surface area (Å²) in [5.74, 6) is 0.826. The predicted molar refractivity (Wildman–Crippen MR) is 136 cm³/mol. The van der Waals surface area contributed by atoms with Crippen molar-refractivity contribution < 1.29 is 18.3 Å². The third-order valence-electron chi connectivity index (χ3n) is 5.63. The van der Waals surface area contributed by atoms with E-state index in [4.69, 9.17) is 4.74 Å². The smallest absolute Gasteiger partial charge is 0.229 e. The lowest BCUT2D eigenvalue weighted by Gasteiger charge is -2.15. The molecule has 1 aromatic heterocycles. The van der Waals surface area contributed by atoms with Gasteiger partial charge in [-0.15, -0.1) is 0 Å². The van der Waals surface area contributed by atoms with E-state index in [0.29, 0.717) is 30.9 Å². The molecule has 32 heavy (non-hydrogen) atoms. The minimum absolute atomic E-state index is 0.338. The summed E-state index contributed by atoms with van der Waals surface area (Å²) in [5, 5.41) is 15.0. The molecule has 0 radical (unpaired) electrons. The number of aryl methyl sites for hydroxylation is 2. The van der Waals surface area contributed by atoms with Crippen LogP contribution < -0.4 is 14.8 Å². The summed E-state index contributed by atoms with van der Waals surface area (Å²) in [6.07, 6.45) is 5.13. The lowest BCUT2D eigenvalue weighted by molar-refractivity contribution is 0.172. The zero-order valence-electron chi connectivity index (χ0n) is 17.9. The Hall–Kier alpha value is -1.82. The van der Waals surface area contributed by atoms with Gasteiger partial charge in [-0.1, -0.05) is 6.07 Å². The fourth-order valence-corrected chi connectivity index (χ4v) is 5.33. The molecule has 1 aliphatic rings. The van der Waals surface area contributed by atoms with Gasteiger partial charge in [-0.25, -0.2) is 8.42 Å². The number of sulfonamides is 1. The second-order valence-corrected chi connectivity index (χ2v) is 11.1. The number of fused-ring (bicyclic) bond motifs is 3. The molecular weight excluding hydrogens is 541 g/mol. The highest BCUT2D eigenvalue weighted by atomic mass is 127. The van der Waals surface area contributed by atoms with Crippen LogP contribution in [0.25, 0.3) is 10.9 Å². The Morgan fingerprint density at radius 3 is 2.81 bits per heavy atom. The number of nitrogens with one attached hydrogen (secondary N) is 3. The Kier molecular flexibility index (Phi) is 7.28. The minimum Gasteiger partial charge on any atom is -0.492 e. The van der Waals surface area contributed by atoms with Crippen molar-refractivity contribution >= 4 is 49.2 Å². The first-order chi connectivity index (χ1) is 15.3. The van der Waals surface area contributed by atoms with E-state index in [0.717, 1.165) is 33.9 Å². The van der Waals surface area contributed by atoms with Gasteiger partial charge in [0.05, 0.1) is 18.0 Å². The molecule has 1 atom stereocenters. The van der Waals surface area contributed by atoms with Crippen LogP contribution >= 0.6 is 22.6 Å². The Balaban J connectivity index is 1.27. The second-order valence-electron chi connectivity index (χ2n) is 8.18. The molecule has 4 rings (SSSR count). The van der Waals surface area contributed by atoms with E-state index in [1.807, 2.05) is 6.07 Å². The van der Waals surface area contributed by atoms with E-state index in [2.05, 4.69) is 49.7 Å². The first-order valence-electron chi connectivity index (χ1n) is 10.7. The maximum atomic E-state index is 11.5. The number of hydrogen-bond donors (Lipinski definition) is 4. The number of aliphatic hydroxyl groups excluding tert-OH is 1. The van der Waals surface area contributed by atoms with E-state index >= 15 is 0 Å². The molecule has 0 aliphatic heterocycles. The number of aromatic nitrogens is 1. The fraction of sp³-hybridized carbons (Fsp3) is 0.391. The van der Waals surface area contributed by atoms with Crippen molar-refractivity contribution in [3.8, 4) is 5.75 Å². The topological polar surface area (TPSA) is 103 Å². The first kappa shape index (κ1) is 23.3. The summed E-state index contributed by atoms with van der Waals surface area (Å²) >= 11 is 2.06. The fourth-order valence-electron chi connectivity index (χ4n) is 4.11. The highest BCUT2D eigenvalue weighted by Gasteiger charge is 2.16. The number of H-pyrrole nitrogens is 1. The molecule has 0 fully saturated rings. The van der Waals surface area contributed by atoms with Crippen LogP contribution in [-0.2, 0) is 22.9 Å². The summed E-state index contributed by atoms with van der Waals surface area (Å²) in [6, 6.07) is 11.5. The highest BCUT2D eigenvalue weighted by Crippen LogP contribution is 2.31. The third-order valence-corrected chi connectivity index (χ3v) is 7.16. The van der Waals surface area contributed by atoms with Gasteiger partial charge in [-0.05, 0) is 83.7 Å². The summed E-state index contributed by atoms with van der Waals surface area (Å²) in [6.45, 7) is 1.39. The summed E-state index contributed by atoms with van der Waals surface area (Å²) < 4.78 is 32.2. The lowest BCUT2D eigenvalue weighted by atomic mass is 9.96. The van der Waals surface area contributed by atoms with Gasteiger partial charge in [0.15, 0.2) is 0 Å². The van der Waals surface area contributed by atoms with Crippen LogP contribution in [0.2, 0.25) is 0 Å². The predicted octanol–water partition coefficient (Wildman–Crippen LogP) is 3.72. The Labute approximate surface area is 202 Å². The number of anilines is 1. The van der Waals surface area contributed by atoms with Crippen molar-refractivity contribution in [1.29, 1.82) is 0 Å². The average Bonchev–Trinajstić information content (AvgIpc) is 3.11. The van der Waals surface area contributed by atoms with Gasteiger partial charge in [0.2, 0.25) is 10.0 Å². The normalized spacial score (nSPS) is 14.8. The van der Waals surface area contributed by atoms with E-state index in [9.17, 15) is 13.5 Å². The molecule has 1 unspecified atom stereocenters. The molecule has 4 N–H and O–H groups in total. The molecule has 1 aliphatic carbocycles. The van der Waals surface area contributed by atoms with Crippen molar-refractivity contribution in [1.82, 2.24) is 10.3 Å². The zero-order chi connectivity index (χ0) is 22.7. The molecule has 7 nitrogen and oxygen atoms in total. The van der Waals surface area contributed by atoms with Crippen molar-refractivity contribution in [3.63, 3.8) is 0 Å². The number of hydrogen-bond acceptors (Lipinski definition) is 5. The summed E-state index contributed by atoms with van der Waals surface area (Å²) in [7, 11) is -3.38. The van der Waals surface area contributed by atoms with Gasteiger partial charge in [0.25, 0.3) is 0 Å². The quantitative estimate of drug-likeness (QED) is 0.233. The van der Waals surface area contributed by atoms with Gasteiger partial charge in [-0.2, -0.15) is 0 Å². The van der Waals surface area contributed by atoms with Crippen molar-refractivity contribution in [2.45, 2.75) is 31.8 Å². The molecule has 2 aromatic carbocycles. The molecule has 0 amide bonds. The van der Waals surface area contributed by atoms with Crippen LogP contribution in [0.1, 0.15) is 35.8 Å². The largest absolute Gasteiger partial charge is 0.492 e. The summed E-state index contributed by atoms with van der Waals surface area (Å²) in [5.41, 5.74) is 5.07. The van der Waals surface area contributed by atoms with E-state index in [1.165, 1.54) is 29.5 Å². The van der Waals surface area contributed by atoms with Crippen LogP contribution in [0.15, 0.2) is 36.4 Å². The van der Waals surface area contributed by atoms with Gasteiger partial charge in [0, 0.05) is 39.3 Å². The molecule has 0 saturated heterocycles. The average molecular weight is 569 g/mol. The lowest BCUT2D eigenvalue weighted by Crippen LogP contribution is -2.26.